The molecule has 2 aliphatic rings. The molecule has 0 bridgehead atoms. The number of nitrogens with two attached hydrogens (primary N) is 1. The van der Waals surface area contributed by atoms with Crippen LogP contribution in [0.1, 0.15) is 19.3 Å². The van der Waals surface area contributed by atoms with Crippen LogP contribution >= 0.6 is 12.4 Å². The lowest BCUT2D eigenvalue weighted by atomic mass is 10.1. The smallest absolute Gasteiger partial charge is 0.242 e. The van der Waals surface area contributed by atoms with Crippen molar-refractivity contribution >= 4 is 18.3 Å². The van der Waals surface area contributed by atoms with Gasteiger partial charge < -0.3 is 20.1 Å². The van der Waals surface area contributed by atoms with Crippen molar-refractivity contribution in [3.63, 3.8) is 0 Å². The SMILES string of the molecule is COCC(N)C(=O)N1CCOC2CCCC21.Cl. The second-order valence-electron chi connectivity index (χ2n) is 4.50. The summed E-state index contributed by atoms with van der Waals surface area (Å²) in [7, 11) is 1.56. The average Bonchev–Trinajstić information content (AvgIpc) is 2.76. The third kappa shape index (κ3) is 3.10. The molecule has 17 heavy (non-hydrogen) atoms. The first-order valence-corrected chi connectivity index (χ1v) is 5.90. The van der Waals surface area contributed by atoms with E-state index in [9.17, 15) is 4.79 Å². The van der Waals surface area contributed by atoms with Crippen LogP contribution in [0, 0.1) is 0 Å². The zero-order valence-corrected chi connectivity index (χ0v) is 10.9. The highest BCUT2D eigenvalue weighted by Crippen LogP contribution is 2.29. The Labute approximate surface area is 108 Å². The molecule has 1 aliphatic heterocycles. The van der Waals surface area contributed by atoms with Crippen LogP contribution in [-0.2, 0) is 14.3 Å². The Morgan fingerprint density at radius 3 is 3.06 bits per heavy atom. The van der Waals surface area contributed by atoms with Crippen LogP contribution in [0.2, 0.25) is 0 Å². The van der Waals surface area contributed by atoms with E-state index in [4.69, 9.17) is 15.2 Å². The van der Waals surface area contributed by atoms with Gasteiger partial charge in [0.2, 0.25) is 5.91 Å². The first-order chi connectivity index (χ1) is 7.74. The predicted octanol–water partition coefficient (Wildman–Crippen LogP) is 0.162. The number of fused-ring (bicyclic) bond motifs is 1. The Morgan fingerprint density at radius 1 is 1.59 bits per heavy atom. The summed E-state index contributed by atoms with van der Waals surface area (Å²) >= 11 is 0. The van der Waals surface area contributed by atoms with E-state index < -0.39 is 6.04 Å². The number of amides is 1. The van der Waals surface area contributed by atoms with E-state index in [2.05, 4.69) is 0 Å². The molecule has 1 aliphatic carbocycles. The van der Waals surface area contributed by atoms with Gasteiger partial charge in [-0.2, -0.15) is 0 Å². The lowest BCUT2D eigenvalue weighted by Crippen LogP contribution is -2.56. The maximum absolute atomic E-state index is 12.1. The van der Waals surface area contributed by atoms with Crippen LogP contribution in [0.15, 0.2) is 0 Å². The van der Waals surface area contributed by atoms with Gasteiger partial charge in [0.1, 0.15) is 6.04 Å². The third-order valence-electron chi connectivity index (χ3n) is 3.43. The van der Waals surface area contributed by atoms with Gasteiger partial charge in [0.05, 0.1) is 25.4 Å². The monoisotopic (exact) mass is 264 g/mol. The van der Waals surface area contributed by atoms with Crippen molar-refractivity contribution in [3.8, 4) is 0 Å². The number of hydrogen-bond donors (Lipinski definition) is 1. The molecule has 3 atom stereocenters. The molecule has 6 heteroatoms. The van der Waals surface area contributed by atoms with E-state index in [0.29, 0.717) is 13.2 Å². The number of carbonyl (C=O) groups is 1. The molecule has 3 unspecified atom stereocenters. The average molecular weight is 265 g/mol. The van der Waals surface area contributed by atoms with E-state index in [1.165, 1.54) is 0 Å². The zero-order chi connectivity index (χ0) is 11.5. The quantitative estimate of drug-likeness (QED) is 0.789. The topological polar surface area (TPSA) is 64.8 Å². The molecule has 5 nitrogen and oxygen atoms in total. The van der Waals surface area contributed by atoms with Gasteiger partial charge in [-0.1, -0.05) is 0 Å². The highest BCUT2D eigenvalue weighted by Gasteiger charge is 2.39. The Hall–Kier alpha value is -0.360. The number of ether oxygens (including phenoxy) is 2. The van der Waals surface area contributed by atoms with Gasteiger partial charge >= 0.3 is 0 Å². The Morgan fingerprint density at radius 2 is 2.35 bits per heavy atom. The van der Waals surface area contributed by atoms with Crippen LogP contribution in [0.25, 0.3) is 0 Å². The standard InChI is InChI=1S/C11H20N2O3.ClH/c1-15-7-8(12)11(14)13-5-6-16-10-4-2-3-9(10)13;/h8-10H,2-7,12H2,1H3;1H. The number of halogens is 1. The number of methoxy groups -OCH3 is 1. The van der Waals surface area contributed by atoms with Crippen LogP contribution in [-0.4, -0.2) is 55.9 Å². The molecule has 1 saturated heterocycles. The molecule has 100 valence electrons. The molecule has 2 rings (SSSR count). The number of morpholine rings is 1. The molecule has 0 aromatic carbocycles. The van der Waals surface area contributed by atoms with Crippen molar-refractivity contribution in [1.82, 2.24) is 4.90 Å². The largest absolute Gasteiger partial charge is 0.383 e. The molecule has 0 spiro atoms. The molecule has 1 heterocycles. The van der Waals surface area contributed by atoms with Crippen LogP contribution in [0.5, 0.6) is 0 Å². The predicted molar refractivity (Wildman–Crippen MR) is 66.2 cm³/mol. The zero-order valence-electron chi connectivity index (χ0n) is 10.1. The molecule has 0 aromatic heterocycles. The second kappa shape index (κ2) is 6.54. The van der Waals surface area contributed by atoms with E-state index in [0.717, 1.165) is 19.3 Å². The molecule has 0 radical (unpaired) electrons. The van der Waals surface area contributed by atoms with Gasteiger partial charge in [0, 0.05) is 13.7 Å². The van der Waals surface area contributed by atoms with Crippen molar-refractivity contribution < 1.29 is 14.3 Å². The van der Waals surface area contributed by atoms with Crippen molar-refractivity contribution in [3.05, 3.63) is 0 Å². The van der Waals surface area contributed by atoms with Gasteiger partial charge in [-0.25, -0.2) is 0 Å². The molecule has 0 aromatic rings. The Bertz CT molecular complexity index is 265. The van der Waals surface area contributed by atoms with E-state index in [-0.39, 0.29) is 37.1 Å². The normalized spacial score (nSPS) is 29.4. The molecule has 2 N–H and O–H groups in total. The number of nitrogens with zero attached hydrogens (tertiary/aromatic N) is 1. The summed E-state index contributed by atoms with van der Waals surface area (Å²) in [5.74, 6) is 0.00190. The van der Waals surface area contributed by atoms with Crippen molar-refractivity contribution in [2.24, 2.45) is 5.73 Å². The highest BCUT2D eigenvalue weighted by atomic mass is 35.5. The minimum atomic E-state index is -0.538. The summed E-state index contributed by atoms with van der Waals surface area (Å²) in [4.78, 5) is 14.0. The highest BCUT2D eigenvalue weighted by molar-refractivity contribution is 5.85. The van der Waals surface area contributed by atoms with Crippen LogP contribution in [0.4, 0.5) is 0 Å². The van der Waals surface area contributed by atoms with Crippen molar-refractivity contribution in [2.75, 3.05) is 26.9 Å². The lowest BCUT2D eigenvalue weighted by Gasteiger charge is -2.38. The van der Waals surface area contributed by atoms with Gasteiger partial charge in [0.25, 0.3) is 0 Å². The van der Waals surface area contributed by atoms with E-state index >= 15 is 0 Å². The molecule has 1 saturated carbocycles. The minimum Gasteiger partial charge on any atom is -0.383 e. The summed E-state index contributed by atoms with van der Waals surface area (Å²) in [5, 5.41) is 0. The first-order valence-electron chi connectivity index (χ1n) is 5.90. The van der Waals surface area contributed by atoms with Gasteiger partial charge in [0.15, 0.2) is 0 Å². The number of rotatable bonds is 3. The molecule has 1 amide bonds. The minimum absolute atomic E-state index is 0. The van der Waals surface area contributed by atoms with E-state index in [1.807, 2.05) is 4.90 Å². The fraction of sp³-hybridized carbons (Fsp3) is 0.909. The maximum atomic E-state index is 12.1. The summed E-state index contributed by atoms with van der Waals surface area (Å²) in [6.45, 7) is 1.58. The lowest BCUT2D eigenvalue weighted by molar-refractivity contribution is -0.146. The summed E-state index contributed by atoms with van der Waals surface area (Å²) in [6, 6.07) is -0.298. The fourth-order valence-corrected chi connectivity index (χ4v) is 2.66. The molecule has 2 fully saturated rings. The fourth-order valence-electron chi connectivity index (χ4n) is 2.66. The van der Waals surface area contributed by atoms with E-state index in [1.54, 1.807) is 7.11 Å². The summed E-state index contributed by atoms with van der Waals surface area (Å²) < 4.78 is 10.6. The van der Waals surface area contributed by atoms with Crippen LogP contribution < -0.4 is 5.73 Å². The summed E-state index contributed by atoms with van der Waals surface area (Å²) in [6.07, 6.45) is 3.47. The molecular formula is C11H21ClN2O3. The number of hydrogen-bond acceptors (Lipinski definition) is 4. The van der Waals surface area contributed by atoms with Crippen LogP contribution in [0.3, 0.4) is 0 Å². The number of carbonyl (C=O) groups excluding carboxylic acids is 1. The van der Waals surface area contributed by atoms with Crippen molar-refractivity contribution in [1.29, 1.82) is 0 Å². The Balaban J connectivity index is 0.00000144. The van der Waals surface area contributed by atoms with Gasteiger partial charge in [-0.3, -0.25) is 4.79 Å². The Kier molecular flexibility index (Phi) is 5.66. The third-order valence-corrected chi connectivity index (χ3v) is 3.43. The maximum Gasteiger partial charge on any atom is 0.242 e. The van der Waals surface area contributed by atoms with Crippen molar-refractivity contribution in [2.45, 2.75) is 37.5 Å². The summed E-state index contributed by atoms with van der Waals surface area (Å²) in [5.41, 5.74) is 5.78. The second-order valence-corrected chi connectivity index (χ2v) is 4.50. The van der Waals surface area contributed by atoms with Gasteiger partial charge in [-0.15, -0.1) is 12.4 Å². The first kappa shape index (κ1) is 14.7. The molecular weight excluding hydrogens is 244 g/mol. The van der Waals surface area contributed by atoms with Gasteiger partial charge in [-0.05, 0) is 19.3 Å².